The van der Waals surface area contributed by atoms with Gasteiger partial charge in [0.2, 0.25) is 0 Å². The van der Waals surface area contributed by atoms with Crippen molar-refractivity contribution in [2.75, 3.05) is 6.61 Å². The molecule has 3 rings (SSSR count). The third-order valence-corrected chi connectivity index (χ3v) is 10.4. The van der Waals surface area contributed by atoms with Crippen LogP contribution in [-0.4, -0.2) is 19.9 Å². The van der Waals surface area contributed by atoms with Crippen LogP contribution in [0.15, 0.2) is 84.1 Å². The van der Waals surface area contributed by atoms with Crippen LogP contribution in [0.5, 0.6) is 0 Å². The Morgan fingerprint density at radius 1 is 1.00 bits per heavy atom. The van der Waals surface area contributed by atoms with Crippen molar-refractivity contribution in [2.24, 2.45) is 5.11 Å². The summed E-state index contributed by atoms with van der Waals surface area (Å²) in [4.78, 5) is 7.17. The van der Waals surface area contributed by atoms with Crippen LogP contribution in [0.1, 0.15) is 32.4 Å². The zero-order valence-corrected chi connectivity index (χ0v) is 19.1. The number of aromatic nitrogens is 1. The smallest absolute Gasteiger partial charge is 0.261 e. The van der Waals surface area contributed by atoms with E-state index in [1.165, 1.54) is 10.4 Å². The van der Waals surface area contributed by atoms with Crippen LogP contribution < -0.4 is 10.4 Å². The molecule has 7 heteroatoms. The first-order valence-corrected chi connectivity index (χ1v) is 12.1. The molecule has 1 atom stereocenters. The second kappa shape index (κ2) is 9.45. The molecule has 0 bridgehead atoms. The molecule has 30 heavy (non-hydrogen) atoms. The fourth-order valence-electron chi connectivity index (χ4n) is 3.81. The average Bonchev–Trinajstić information content (AvgIpc) is 2.74. The standard InChI is InChI=1S/C23H25ClN4OSi/c1-23(2,3)30(19-10-6-4-7-11-19,20-12-8-5-9-13-20)29-17-21(27-28-25)18-14-15-22(24)26-16-18/h4-16,21H,17H2,1-3H3. The van der Waals surface area contributed by atoms with Crippen molar-refractivity contribution >= 4 is 30.3 Å². The highest BCUT2D eigenvalue weighted by molar-refractivity contribution is 6.99. The Balaban J connectivity index is 2.08. The Kier molecular flexibility index (Phi) is 6.95. The zero-order valence-electron chi connectivity index (χ0n) is 17.4. The first-order chi connectivity index (χ1) is 14.4. The summed E-state index contributed by atoms with van der Waals surface area (Å²) in [7, 11) is -2.71. The molecule has 154 valence electrons. The van der Waals surface area contributed by atoms with Crippen LogP contribution in [0.3, 0.4) is 0 Å². The highest BCUT2D eigenvalue weighted by Crippen LogP contribution is 2.37. The van der Waals surface area contributed by atoms with Crippen LogP contribution in [0.2, 0.25) is 10.2 Å². The highest BCUT2D eigenvalue weighted by Gasteiger charge is 2.50. The van der Waals surface area contributed by atoms with Gasteiger partial charge in [-0.15, -0.1) is 0 Å². The van der Waals surface area contributed by atoms with Gasteiger partial charge in [-0.1, -0.05) is 104 Å². The normalized spacial score (nSPS) is 12.8. The van der Waals surface area contributed by atoms with Crippen molar-refractivity contribution in [2.45, 2.75) is 31.9 Å². The lowest BCUT2D eigenvalue weighted by atomic mass is 10.1. The third-order valence-electron chi connectivity index (χ3n) is 5.20. The van der Waals surface area contributed by atoms with Gasteiger partial charge in [0, 0.05) is 17.7 Å². The summed E-state index contributed by atoms with van der Waals surface area (Å²) in [5.74, 6) is 0. The first kappa shape index (κ1) is 22.1. The minimum absolute atomic E-state index is 0.158. The Morgan fingerprint density at radius 3 is 2.00 bits per heavy atom. The molecule has 0 amide bonds. The van der Waals surface area contributed by atoms with Gasteiger partial charge in [0.1, 0.15) is 5.15 Å². The molecule has 2 aromatic carbocycles. The fourth-order valence-corrected chi connectivity index (χ4v) is 8.48. The largest absolute Gasteiger partial charge is 0.407 e. The maximum atomic E-state index is 9.14. The number of hydrogen-bond acceptors (Lipinski definition) is 3. The lowest BCUT2D eigenvalue weighted by molar-refractivity contribution is 0.273. The maximum Gasteiger partial charge on any atom is 0.261 e. The summed E-state index contributed by atoms with van der Waals surface area (Å²) in [6, 6.07) is 23.8. The van der Waals surface area contributed by atoms with E-state index in [0.717, 1.165) is 5.56 Å². The van der Waals surface area contributed by atoms with Gasteiger partial charge in [0.15, 0.2) is 0 Å². The number of halogens is 1. The number of azide groups is 1. The van der Waals surface area contributed by atoms with Gasteiger partial charge in [-0.25, -0.2) is 4.98 Å². The van der Waals surface area contributed by atoms with Crippen LogP contribution in [0, 0.1) is 0 Å². The van der Waals surface area contributed by atoms with E-state index in [2.05, 4.69) is 60.0 Å². The summed E-state index contributed by atoms with van der Waals surface area (Å²) in [5, 5.41) is 6.58. The van der Waals surface area contributed by atoms with Gasteiger partial charge in [0.05, 0.1) is 6.04 Å². The zero-order chi connectivity index (χ0) is 21.6. The van der Waals surface area contributed by atoms with E-state index in [-0.39, 0.29) is 11.6 Å². The Bertz CT molecular complexity index is 961. The molecule has 1 unspecified atom stereocenters. The van der Waals surface area contributed by atoms with Crippen molar-refractivity contribution in [1.29, 1.82) is 0 Å². The molecule has 0 spiro atoms. The number of hydrogen-bond donors (Lipinski definition) is 0. The number of benzene rings is 2. The molecule has 5 nitrogen and oxygen atoms in total. The van der Waals surface area contributed by atoms with E-state index < -0.39 is 14.4 Å². The van der Waals surface area contributed by atoms with Gasteiger partial charge in [-0.2, -0.15) is 0 Å². The molecule has 0 N–H and O–H groups in total. The van der Waals surface area contributed by atoms with Gasteiger partial charge < -0.3 is 4.43 Å². The van der Waals surface area contributed by atoms with Crippen molar-refractivity contribution in [3.05, 3.63) is 100 Å². The monoisotopic (exact) mass is 436 g/mol. The van der Waals surface area contributed by atoms with E-state index in [0.29, 0.717) is 5.15 Å². The Hall–Kier alpha value is -2.63. The topological polar surface area (TPSA) is 70.9 Å². The predicted molar refractivity (Wildman–Crippen MR) is 125 cm³/mol. The van der Waals surface area contributed by atoms with Crippen molar-refractivity contribution in [3.8, 4) is 0 Å². The molecule has 3 aromatic rings. The Labute approximate surface area is 183 Å². The van der Waals surface area contributed by atoms with Crippen molar-refractivity contribution in [3.63, 3.8) is 0 Å². The first-order valence-electron chi connectivity index (χ1n) is 9.79. The van der Waals surface area contributed by atoms with Gasteiger partial charge >= 0.3 is 0 Å². The molecule has 0 saturated heterocycles. The molecule has 0 fully saturated rings. The number of pyridine rings is 1. The van der Waals surface area contributed by atoms with E-state index in [4.69, 9.17) is 21.6 Å². The van der Waals surface area contributed by atoms with E-state index in [1.54, 1.807) is 12.3 Å². The van der Waals surface area contributed by atoms with Crippen molar-refractivity contribution < 1.29 is 4.43 Å². The molecular formula is C23H25ClN4OSi. The summed E-state index contributed by atoms with van der Waals surface area (Å²) >= 11 is 5.92. The van der Waals surface area contributed by atoms with Crippen LogP contribution >= 0.6 is 11.6 Å². The quantitative estimate of drug-likeness (QED) is 0.157. The molecule has 1 heterocycles. The molecule has 0 saturated carbocycles. The number of rotatable bonds is 7. The Morgan fingerprint density at radius 2 is 1.57 bits per heavy atom. The van der Waals surface area contributed by atoms with Crippen molar-refractivity contribution in [1.82, 2.24) is 4.98 Å². The van der Waals surface area contributed by atoms with Gasteiger partial charge in [-0.05, 0) is 32.6 Å². The van der Waals surface area contributed by atoms with E-state index >= 15 is 0 Å². The summed E-state index contributed by atoms with van der Waals surface area (Å²) in [5.41, 5.74) is 9.92. The van der Waals surface area contributed by atoms with Gasteiger partial charge in [0.25, 0.3) is 8.32 Å². The fraction of sp³-hybridized carbons (Fsp3) is 0.261. The molecular weight excluding hydrogens is 412 g/mol. The second-order valence-electron chi connectivity index (χ2n) is 8.11. The van der Waals surface area contributed by atoms with Gasteiger partial charge in [-0.3, -0.25) is 0 Å². The third kappa shape index (κ3) is 4.58. The van der Waals surface area contributed by atoms with E-state index in [9.17, 15) is 0 Å². The summed E-state index contributed by atoms with van der Waals surface area (Å²) < 4.78 is 6.88. The lowest BCUT2D eigenvalue weighted by Gasteiger charge is -2.43. The van der Waals surface area contributed by atoms with Crippen LogP contribution in [0.25, 0.3) is 10.4 Å². The molecule has 0 aliphatic rings. The van der Waals surface area contributed by atoms with E-state index in [1.807, 2.05) is 42.5 Å². The summed E-state index contributed by atoms with van der Waals surface area (Å²) in [6.07, 6.45) is 1.64. The molecule has 0 aliphatic carbocycles. The highest BCUT2D eigenvalue weighted by atomic mass is 35.5. The lowest BCUT2D eigenvalue weighted by Crippen LogP contribution is -2.66. The second-order valence-corrected chi connectivity index (χ2v) is 12.8. The average molecular weight is 437 g/mol. The molecule has 0 radical (unpaired) electrons. The minimum Gasteiger partial charge on any atom is -0.407 e. The predicted octanol–water partition coefficient (Wildman–Crippen LogP) is 5.66. The SMILES string of the molecule is CC(C)(C)[Si](OCC(N=[N+]=[N-])c1ccc(Cl)nc1)(c1ccccc1)c1ccccc1. The molecule has 0 aliphatic heterocycles. The van der Waals surface area contributed by atoms with Crippen LogP contribution in [0.4, 0.5) is 0 Å². The maximum absolute atomic E-state index is 9.14. The minimum atomic E-state index is -2.71. The number of nitrogens with zero attached hydrogens (tertiary/aromatic N) is 4. The molecule has 1 aromatic heterocycles. The van der Waals surface area contributed by atoms with Crippen LogP contribution in [-0.2, 0) is 4.43 Å². The summed E-state index contributed by atoms with van der Waals surface area (Å²) in [6.45, 7) is 6.89.